The summed E-state index contributed by atoms with van der Waals surface area (Å²) in [4.78, 5) is 2.44. The highest BCUT2D eigenvalue weighted by molar-refractivity contribution is 5.57. The minimum Gasteiger partial charge on any atom is -0.369 e. The van der Waals surface area contributed by atoms with Gasteiger partial charge >= 0.3 is 0 Å². The predicted molar refractivity (Wildman–Crippen MR) is 69.8 cm³/mol. The number of nitrogens with zero attached hydrogens (tertiary/aromatic N) is 1. The minimum atomic E-state index is 0.288. The molecule has 1 aliphatic rings. The summed E-state index contributed by atoms with van der Waals surface area (Å²) in [6, 6.07) is 8.97. The van der Waals surface area contributed by atoms with E-state index in [2.05, 4.69) is 43.0 Å². The van der Waals surface area contributed by atoms with Gasteiger partial charge in [-0.1, -0.05) is 38.5 Å². The minimum absolute atomic E-state index is 0.288. The van der Waals surface area contributed by atoms with Crippen molar-refractivity contribution in [2.75, 3.05) is 18.0 Å². The van der Waals surface area contributed by atoms with Gasteiger partial charge in [-0.2, -0.15) is 0 Å². The molecule has 0 amide bonds. The number of hydrogen-bond donors (Lipinski definition) is 1. The molecule has 0 saturated carbocycles. The molecule has 2 atom stereocenters. The Kier molecular flexibility index (Phi) is 3.49. The van der Waals surface area contributed by atoms with E-state index in [0.717, 1.165) is 19.5 Å². The molecule has 88 valence electrons. The summed E-state index contributed by atoms with van der Waals surface area (Å²) in [6.45, 7) is 6.57. The molecule has 0 aromatic heterocycles. The monoisotopic (exact) mass is 218 g/mol. The summed E-state index contributed by atoms with van der Waals surface area (Å²) in [5, 5.41) is 0. The lowest BCUT2D eigenvalue weighted by Gasteiger charge is -2.26. The Morgan fingerprint density at radius 2 is 2.12 bits per heavy atom. The summed E-state index contributed by atoms with van der Waals surface area (Å²) in [6.07, 6.45) is 2.33. The second kappa shape index (κ2) is 4.88. The Hall–Kier alpha value is -1.02. The van der Waals surface area contributed by atoms with E-state index in [-0.39, 0.29) is 6.04 Å². The zero-order valence-electron chi connectivity index (χ0n) is 10.3. The first kappa shape index (κ1) is 11.5. The third-order valence-corrected chi connectivity index (χ3v) is 3.79. The first-order chi connectivity index (χ1) is 7.72. The second-order valence-corrected chi connectivity index (χ2v) is 4.87. The lowest BCUT2D eigenvalue weighted by molar-refractivity contribution is 0.440. The molecule has 1 unspecified atom stereocenters. The first-order valence-corrected chi connectivity index (χ1v) is 6.30. The fourth-order valence-electron chi connectivity index (χ4n) is 2.33. The van der Waals surface area contributed by atoms with Crippen molar-refractivity contribution in [2.45, 2.75) is 32.7 Å². The predicted octanol–water partition coefficient (Wildman–Crippen LogP) is 2.42. The standard InChI is InChI=1S/C14H22N2/c1-3-11(2)13(15)10-16-9-8-12-6-4-5-7-14(12)16/h4-7,11,13H,3,8-10,15H2,1-2H3/t11?,13-/m1/s1. The van der Waals surface area contributed by atoms with Gasteiger partial charge in [-0.05, 0) is 24.0 Å². The lowest BCUT2D eigenvalue weighted by atomic mass is 10.00. The van der Waals surface area contributed by atoms with Crippen molar-refractivity contribution in [2.24, 2.45) is 11.7 Å². The lowest BCUT2D eigenvalue weighted by Crippen LogP contribution is -2.40. The van der Waals surface area contributed by atoms with Crippen LogP contribution in [0, 0.1) is 5.92 Å². The molecular weight excluding hydrogens is 196 g/mol. The van der Waals surface area contributed by atoms with Crippen molar-refractivity contribution in [1.82, 2.24) is 0 Å². The summed E-state index contributed by atoms with van der Waals surface area (Å²) in [5.74, 6) is 0.604. The number of benzene rings is 1. The molecule has 0 spiro atoms. The van der Waals surface area contributed by atoms with Crippen molar-refractivity contribution in [1.29, 1.82) is 0 Å². The van der Waals surface area contributed by atoms with Gasteiger partial charge in [0.05, 0.1) is 0 Å². The van der Waals surface area contributed by atoms with E-state index in [9.17, 15) is 0 Å². The quantitative estimate of drug-likeness (QED) is 0.841. The molecule has 1 heterocycles. The van der Waals surface area contributed by atoms with Crippen LogP contribution >= 0.6 is 0 Å². The van der Waals surface area contributed by atoms with Gasteiger partial charge in [-0.25, -0.2) is 0 Å². The molecule has 0 radical (unpaired) electrons. The van der Waals surface area contributed by atoms with Crippen LogP contribution in [0.15, 0.2) is 24.3 Å². The number of hydrogen-bond acceptors (Lipinski definition) is 2. The van der Waals surface area contributed by atoms with Crippen molar-refractivity contribution in [3.63, 3.8) is 0 Å². The molecule has 1 aliphatic heterocycles. The largest absolute Gasteiger partial charge is 0.369 e. The van der Waals surface area contributed by atoms with Crippen molar-refractivity contribution in [3.05, 3.63) is 29.8 Å². The van der Waals surface area contributed by atoms with Crippen LogP contribution in [0.25, 0.3) is 0 Å². The van der Waals surface area contributed by atoms with Crippen LogP contribution in [0.1, 0.15) is 25.8 Å². The maximum Gasteiger partial charge on any atom is 0.0400 e. The Labute approximate surface area is 98.4 Å². The highest BCUT2D eigenvalue weighted by Crippen LogP contribution is 2.27. The zero-order valence-corrected chi connectivity index (χ0v) is 10.3. The Morgan fingerprint density at radius 3 is 2.88 bits per heavy atom. The normalized spacial score (nSPS) is 18.3. The van der Waals surface area contributed by atoms with Crippen LogP contribution in [0.3, 0.4) is 0 Å². The third kappa shape index (κ3) is 2.22. The number of para-hydroxylation sites is 1. The Balaban J connectivity index is 2.03. The average molecular weight is 218 g/mol. The molecule has 1 aromatic rings. The summed E-state index contributed by atoms with van der Waals surface area (Å²) >= 11 is 0. The van der Waals surface area contributed by atoms with E-state index in [1.807, 2.05) is 0 Å². The van der Waals surface area contributed by atoms with Crippen LogP contribution in [-0.4, -0.2) is 19.1 Å². The molecule has 0 saturated heterocycles. The molecule has 0 bridgehead atoms. The molecule has 0 fully saturated rings. The molecule has 1 aromatic carbocycles. The van der Waals surface area contributed by atoms with E-state index < -0.39 is 0 Å². The molecule has 0 aliphatic carbocycles. The molecule has 2 heteroatoms. The number of nitrogens with two attached hydrogens (primary N) is 1. The van der Waals surface area contributed by atoms with E-state index in [0.29, 0.717) is 5.92 Å². The Bertz CT molecular complexity index is 348. The van der Waals surface area contributed by atoms with Gasteiger partial charge in [0.1, 0.15) is 0 Å². The van der Waals surface area contributed by atoms with Crippen LogP contribution in [-0.2, 0) is 6.42 Å². The van der Waals surface area contributed by atoms with Gasteiger partial charge in [-0.3, -0.25) is 0 Å². The molecule has 2 nitrogen and oxygen atoms in total. The number of rotatable bonds is 4. The van der Waals surface area contributed by atoms with Gasteiger partial charge in [0, 0.05) is 24.8 Å². The number of anilines is 1. The summed E-state index contributed by atoms with van der Waals surface area (Å²) in [7, 11) is 0. The van der Waals surface area contributed by atoms with E-state index in [1.54, 1.807) is 0 Å². The maximum absolute atomic E-state index is 6.22. The van der Waals surface area contributed by atoms with Gasteiger partial charge in [0.2, 0.25) is 0 Å². The van der Waals surface area contributed by atoms with Gasteiger partial charge < -0.3 is 10.6 Å². The van der Waals surface area contributed by atoms with Crippen LogP contribution in [0.2, 0.25) is 0 Å². The van der Waals surface area contributed by atoms with Crippen molar-refractivity contribution in [3.8, 4) is 0 Å². The molecule has 16 heavy (non-hydrogen) atoms. The number of fused-ring (bicyclic) bond motifs is 1. The van der Waals surface area contributed by atoms with Gasteiger partial charge in [-0.15, -0.1) is 0 Å². The highest BCUT2D eigenvalue weighted by Gasteiger charge is 2.21. The van der Waals surface area contributed by atoms with E-state index >= 15 is 0 Å². The molecular formula is C14H22N2. The smallest absolute Gasteiger partial charge is 0.0400 e. The van der Waals surface area contributed by atoms with E-state index in [4.69, 9.17) is 5.73 Å². The second-order valence-electron chi connectivity index (χ2n) is 4.87. The SMILES string of the molecule is CCC(C)[C@H](N)CN1CCc2ccccc21. The summed E-state index contributed by atoms with van der Waals surface area (Å²) < 4.78 is 0. The maximum atomic E-state index is 6.22. The average Bonchev–Trinajstić information content (AvgIpc) is 2.72. The Morgan fingerprint density at radius 1 is 1.38 bits per heavy atom. The van der Waals surface area contributed by atoms with Gasteiger partial charge in [0.25, 0.3) is 0 Å². The molecule has 2 N–H and O–H groups in total. The topological polar surface area (TPSA) is 29.3 Å². The first-order valence-electron chi connectivity index (χ1n) is 6.30. The van der Waals surface area contributed by atoms with Crippen LogP contribution in [0.5, 0.6) is 0 Å². The molecule has 2 rings (SSSR count). The van der Waals surface area contributed by atoms with Gasteiger partial charge in [0.15, 0.2) is 0 Å². The fourth-order valence-corrected chi connectivity index (χ4v) is 2.33. The zero-order chi connectivity index (χ0) is 11.5. The van der Waals surface area contributed by atoms with E-state index in [1.165, 1.54) is 17.7 Å². The summed E-state index contributed by atoms with van der Waals surface area (Å²) in [5.41, 5.74) is 9.08. The van der Waals surface area contributed by atoms with Crippen LogP contribution in [0.4, 0.5) is 5.69 Å². The van der Waals surface area contributed by atoms with Crippen molar-refractivity contribution < 1.29 is 0 Å². The third-order valence-electron chi connectivity index (χ3n) is 3.79. The fraction of sp³-hybridized carbons (Fsp3) is 0.571. The highest BCUT2D eigenvalue weighted by atomic mass is 15.2. The van der Waals surface area contributed by atoms with Crippen LogP contribution < -0.4 is 10.6 Å². The van der Waals surface area contributed by atoms with Crippen molar-refractivity contribution >= 4 is 5.69 Å².